The molecule has 1 aliphatic heterocycles. The molecular weight excluding hydrogens is 317 g/mol. The van der Waals surface area contributed by atoms with Crippen LogP contribution in [0.3, 0.4) is 0 Å². The van der Waals surface area contributed by atoms with Gasteiger partial charge in [0, 0.05) is 29.3 Å². The molecule has 0 radical (unpaired) electrons. The van der Waals surface area contributed by atoms with Crippen molar-refractivity contribution in [1.29, 1.82) is 0 Å². The van der Waals surface area contributed by atoms with Crippen LogP contribution in [0.1, 0.15) is 36.5 Å². The van der Waals surface area contributed by atoms with Crippen molar-refractivity contribution in [2.45, 2.75) is 31.1 Å². The van der Waals surface area contributed by atoms with E-state index in [1.54, 1.807) is 4.90 Å². The third-order valence-electron chi connectivity index (χ3n) is 3.88. The monoisotopic (exact) mass is 333 g/mol. The molecule has 1 aliphatic rings. The Morgan fingerprint density at radius 1 is 1.33 bits per heavy atom. The van der Waals surface area contributed by atoms with Crippen LogP contribution in [0.5, 0.6) is 0 Å². The highest BCUT2D eigenvalue weighted by atomic mass is 35.7. The van der Waals surface area contributed by atoms with Gasteiger partial charge in [0.15, 0.2) is 0 Å². The molecular formula is C14H17ClFNO3S. The predicted octanol–water partition coefficient (Wildman–Crippen LogP) is 3.02. The normalized spacial score (nSPS) is 17.0. The van der Waals surface area contributed by atoms with Gasteiger partial charge in [-0.1, -0.05) is 13.3 Å². The Labute approximate surface area is 128 Å². The number of likely N-dealkylation sites (tertiary alicyclic amines) is 1. The predicted molar refractivity (Wildman–Crippen MR) is 78.4 cm³/mol. The zero-order valence-electron chi connectivity index (χ0n) is 11.7. The van der Waals surface area contributed by atoms with Crippen LogP contribution in [0.2, 0.25) is 0 Å². The molecule has 0 aliphatic carbocycles. The van der Waals surface area contributed by atoms with E-state index in [9.17, 15) is 17.6 Å². The van der Waals surface area contributed by atoms with Gasteiger partial charge in [-0.25, -0.2) is 12.8 Å². The molecule has 7 heteroatoms. The molecule has 0 bridgehead atoms. The van der Waals surface area contributed by atoms with Crippen molar-refractivity contribution in [3.8, 4) is 0 Å². The standard InChI is InChI=1S/C14H17ClFNO3S/c1-2-10-3-5-17(6-4-10)14(18)11-7-12(16)9-13(8-11)21(15,19)20/h7-10H,2-6H2,1H3. The second kappa shape index (κ2) is 6.32. The minimum Gasteiger partial charge on any atom is -0.339 e. The van der Waals surface area contributed by atoms with Gasteiger partial charge in [-0.3, -0.25) is 4.79 Å². The zero-order valence-corrected chi connectivity index (χ0v) is 13.3. The average Bonchev–Trinajstić information content (AvgIpc) is 2.45. The first kappa shape index (κ1) is 16.2. The van der Waals surface area contributed by atoms with Crippen molar-refractivity contribution in [3.05, 3.63) is 29.6 Å². The fourth-order valence-corrected chi connectivity index (χ4v) is 3.34. The Balaban J connectivity index is 2.22. The molecule has 0 N–H and O–H groups in total. The second-order valence-electron chi connectivity index (χ2n) is 5.26. The number of amides is 1. The topological polar surface area (TPSA) is 54.5 Å². The molecule has 2 rings (SSSR count). The van der Waals surface area contributed by atoms with Crippen molar-refractivity contribution >= 4 is 25.6 Å². The molecule has 1 amide bonds. The van der Waals surface area contributed by atoms with Crippen molar-refractivity contribution in [1.82, 2.24) is 4.90 Å². The SMILES string of the molecule is CCC1CCN(C(=O)c2cc(F)cc(S(=O)(=O)Cl)c2)CC1. The van der Waals surface area contributed by atoms with E-state index < -0.39 is 19.8 Å². The number of nitrogens with zero attached hydrogens (tertiary/aromatic N) is 1. The van der Waals surface area contributed by atoms with E-state index in [0.29, 0.717) is 19.0 Å². The summed E-state index contributed by atoms with van der Waals surface area (Å²) in [5, 5.41) is 0. The second-order valence-corrected chi connectivity index (χ2v) is 7.82. The van der Waals surface area contributed by atoms with Crippen LogP contribution in [-0.4, -0.2) is 32.3 Å². The molecule has 1 saturated heterocycles. The van der Waals surface area contributed by atoms with Crippen LogP contribution in [0.4, 0.5) is 4.39 Å². The Morgan fingerprint density at radius 2 is 1.95 bits per heavy atom. The minimum absolute atomic E-state index is 0.0178. The maximum Gasteiger partial charge on any atom is 0.261 e. The molecule has 1 fully saturated rings. The summed E-state index contributed by atoms with van der Waals surface area (Å²) < 4.78 is 36.1. The molecule has 1 heterocycles. The lowest BCUT2D eigenvalue weighted by molar-refractivity contribution is 0.0688. The van der Waals surface area contributed by atoms with Crippen molar-refractivity contribution in [2.24, 2.45) is 5.92 Å². The first-order chi connectivity index (χ1) is 9.81. The summed E-state index contributed by atoms with van der Waals surface area (Å²) in [5.74, 6) is -0.533. The van der Waals surface area contributed by atoms with Gasteiger partial charge in [-0.05, 0) is 37.0 Å². The molecule has 0 saturated carbocycles. The lowest BCUT2D eigenvalue weighted by Crippen LogP contribution is -2.38. The summed E-state index contributed by atoms with van der Waals surface area (Å²) >= 11 is 0. The third kappa shape index (κ3) is 3.95. The number of hydrogen-bond donors (Lipinski definition) is 0. The highest BCUT2D eigenvalue weighted by molar-refractivity contribution is 8.13. The van der Waals surface area contributed by atoms with Crippen LogP contribution < -0.4 is 0 Å². The minimum atomic E-state index is -4.06. The summed E-state index contributed by atoms with van der Waals surface area (Å²) in [6, 6.07) is 2.97. The molecule has 4 nitrogen and oxygen atoms in total. The molecule has 0 aromatic heterocycles. The fraction of sp³-hybridized carbons (Fsp3) is 0.500. The molecule has 1 aromatic rings. The molecule has 0 unspecified atom stereocenters. The van der Waals surface area contributed by atoms with Crippen LogP contribution in [-0.2, 0) is 9.05 Å². The van der Waals surface area contributed by atoms with Gasteiger partial charge < -0.3 is 4.90 Å². The molecule has 0 atom stereocenters. The highest BCUT2D eigenvalue weighted by Gasteiger charge is 2.24. The summed E-state index contributed by atoms with van der Waals surface area (Å²) in [6.07, 6.45) is 2.91. The number of benzene rings is 1. The molecule has 116 valence electrons. The van der Waals surface area contributed by atoms with E-state index in [-0.39, 0.29) is 11.5 Å². The zero-order chi connectivity index (χ0) is 15.6. The Hall–Kier alpha value is -1.14. The van der Waals surface area contributed by atoms with Crippen molar-refractivity contribution in [2.75, 3.05) is 13.1 Å². The first-order valence-corrected chi connectivity index (χ1v) is 9.16. The highest BCUT2D eigenvalue weighted by Crippen LogP contribution is 2.23. The summed E-state index contributed by atoms with van der Waals surface area (Å²) in [7, 11) is 1.15. The van der Waals surface area contributed by atoms with E-state index in [1.165, 1.54) is 0 Å². The van der Waals surface area contributed by atoms with Gasteiger partial charge in [-0.2, -0.15) is 0 Å². The Morgan fingerprint density at radius 3 is 2.48 bits per heavy atom. The summed E-state index contributed by atoms with van der Waals surface area (Å²) in [4.78, 5) is 13.6. The number of carbonyl (C=O) groups is 1. The summed E-state index contributed by atoms with van der Waals surface area (Å²) in [6.45, 7) is 3.33. The number of halogens is 2. The smallest absolute Gasteiger partial charge is 0.261 e. The number of rotatable bonds is 3. The Kier molecular flexibility index (Phi) is 4.88. The van der Waals surface area contributed by atoms with Crippen molar-refractivity contribution < 1.29 is 17.6 Å². The van der Waals surface area contributed by atoms with Crippen LogP contribution in [0.15, 0.2) is 23.1 Å². The van der Waals surface area contributed by atoms with Crippen molar-refractivity contribution in [3.63, 3.8) is 0 Å². The largest absolute Gasteiger partial charge is 0.339 e. The van der Waals surface area contributed by atoms with Crippen LogP contribution in [0.25, 0.3) is 0 Å². The van der Waals surface area contributed by atoms with E-state index in [0.717, 1.165) is 37.5 Å². The number of carbonyl (C=O) groups excluding carboxylic acids is 1. The lowest BCUT2D eigenvalue weighted by atomic mass is 9.94. The summed E-state index contributed by atoms with van der Waals surface area (Å²) in [5.41, 5.74) is 0.0178. The average molecular weight is 334 g/mol. The van der Waals surface area contributed by atoms with E-state index in [4.69, 9.17) is 10.7 Å². The number of piperidine rings is 1. The quantitative estimate of drug-likeness (QED) is 0.799. The van der Waals surface area contributed by atoms with E-state index in [1.807, 2.05) is 0 Å². The third-order valence-corrected chi connectivity index (χ3v) is 5.21. The van der Waals surface area contributed by atoms with Gasteiger partial charge >= 0.3 is 0 Å². The molecule has 0 spiro atoms. The number of hydrogen-bond acceptors (Lipinski definition) is 3. The van der Waals surface area contributed by atoms with Gasteiger partial charge in [0.05, 0.1) is 4.90 Å². The Bertz CT molecular complexity index is 640. The lowest BCUT2D eigenvalue weighted by Gasteiger charge is -2.31. The van der Waals surface area contributed by atoms with Crippen LogP contribution in [0, 0.1) is 11.7 Å². The van der Waals surface area contributed by atoms with Gasteiger partial charge in [0.2, 0.25) is 0 Å². The van der Waals surface area contributed by atoms with Gasteiger partial charge in [0.1, 0.15) is 5.82 Å². The molecule has 1 aromatic carbocycles. The van der Waals surface area contributed by atoms with Gasteiger partial charge in [0.25, 0.3) is 15.0 Å². The van der Waals surface area contributed by atoms with Crippen LogP contribution >= 0.6 is 10.7 Å². The molecule has 21 heavy (non-hydrogen) atoms. The maximum atomic E-state index is 13.5. The first-order valence-electron chi connectivity index (χ1n) is 6.85. The van der Waals surface area contributed by atoms with E-state index >= 15 is 0 Å². The van der Waals surface area contributed by atoms with E-state index in [2.05, 4.69) is 6.92 Å². The maximum absolute atomic E-state index is 13.5. The fourth-order valence-electron chi connectivity index (χ4n) is 2.55. The van der Waals surface area contributed by atoms with Gasteiger partial charge in [-0.15, -0.1) is 0 Å².